The maximum atomic E-state index is 2.57. The van der Waals surface area contributed by atoms with Gasteiger partial charge in [-0.15, -0.1) is 0 Å². The number of benzene rings is 10. The van der Waals surface area contributed by atoms with E-state index in [1.807, 2.05) is 11.8 Å². The minimum absolute atomic E-state index is 1.12. The number of hydrogen-bond acceptors (Lipinski definition) is 2. The van der Waals surface area contributed by atoms with E-state index in [2.05, 4.69) is 229 Å². The third-order valence-corrected chi connectivity index (χ3v) is 19.0. The van der Waals surface area contributed by atoms with E-state index in [0.29, 0.717) is 0 Å². The zero-order chi connectivity index (χ0) is 38.9. The molecule has 2 aliphatic heterocycles. The van der Waals surface area contributed by atoms with E-state index in [-0.39, 0.29) is 0 Å². The van der Waals surface area contributed by atoms with Crippen molar-refractivity contribution in [3.63, 3.8) is 0 Å². The summed E-state index contributed by atoms with van der Waals surface area (Å²) in [4.78, 5) is 5.22. The van der Waals surface area contributed by atoms with Crippen LogP contribution in [0.3, 0.4) is 0 Å². The first-order valence-electron chi connectivity index (χ1n) is 20.3. The van der Waals surface area contributed by atoms with Gasteiger partial charge in [-0.3, -0.25) is 0 Å². The van der Waals surface area contributed by atoms with Crippen LogP contribution in [0.4, 0.5) is 17.1 Å². The summed E-state index contributed by atoms with van der Waals surface area (Å²) in [5.74, 6) is 0. The van der Waals surface area contributed by atoms with Crippen LogP contribution in [0.2, 0.25) is 0 Å². The summed E-state index contributed by atoms with van der Waals surface area (Å²) in [5, 5.41) is 10.9. The maximum Gasteiger partial charge on any atom is 0.183 e. The summed E-state index contributed by atoms with van der Waals surface area (Å²) in [6.07, 6.45) is 0. The molecule has 0 N–H and O–H groups in total. The Morgan fingerprint density at radius 1 is 0.322 bits per heavy atom. The highest BCUT2D eigenvalue weighted by atomic mass is 32.2. The molecule has 10 aromatic rings. The van der Waals surface area contributed by atoms with Gasteiger partial charge in [0.2, 0.25) is 0 Å². The smallest absolute Gasteiger partial charge is 0.183 e. The summed E-state index contributed by atoms with van der Waals surface area (Å²) in [6, 6.07) is 83.7. The summed E-state index contributed by atoms with van der Waals surface area (Å²) in [7, 11) is -2.64. The summed E-state index contributed by atoms with van der Waals surface area (Å²) in [5.41, 5.74) is 11.1. The average molecular weight is 784 g/mol. The lowest BCUT2D eigenvalue weighted by Crippen LogP contribution is -2.74. The minimum Gasteiger partial charge on any atom is -0.309 e. The van der Waals surface area contributed by atoms with Gasteiger partial charge < -0.3 is 4.90 Å². The van der Waals surface area contributed by atoms with E-state index in [1.165, 1.54) is 85.5 Å². The van der Waals surface area contributed by atoms with Crippen molar-refractivity contribution in [1.29, 1.82) is 0 Å². The molecule has 0 radical (unpaired) electrons. The molecule has 0 fully saturated rings. The van der Waals surface area contributed by atoms with E-state index >= 15 is 0 Å². The number of rotatable bonds is 5. The second-order valence-electron chi connectivity index (χ2n) is 15.6. The van der Waals surface area contributed by atoms with Crippen molar-refractivity contribution >= 4 is 79.2 Å². The van der Waals surface area contributed by atoms with E-state index in [1.54, 1.807) is 0 Å². The Labute approximate surface area is 349 Å². The van der Waals surface area contributed by atoms with Crippen LogP contribution < -0.4 is 25.6 Å². The minimum atomic E-state index is -2.64. The molecule has 59 heavy (non-hydrogen) atoms. The van der Waals surface area contributed by atoms with Gasteiger partial charge in [0.25, 0.3) is 0 Å². The molecule has 0 atom stereocenters. The predicted molar refractivity (Wildman–Crippen MR) is 254 cm³/mol. The molecule has 10 aromatic carbocycles. The molecule has 1 spiro atoms. The Bertz CT molecular complexity index is 3210. The third kappa shape index (κ3) is 5.18. The molecule has 3 heteroatoms. The van der Waals surface area contributed by atoms with Gasteiger partial charge in [0.05, 0.1) is 11.4 Å². The van der Waals surface area contributed by atoms with Gasteiger partial charge in [0.15, 0.2) is 8.07 Å². The first kappa shape index (κ1) is 34.2. The van der Waals surface area contributed by atoms with Crippen LogP contribution in [-0.2, 0) is 0 Å². The second kappa shape index (κ2) is 13.6. The first-order chi connectivity index (χ1) is 29.3. The average Bonchev–Trinajstić information content (AvgIpc) is 3.59. The van der Waals surface area contributed by atoms with Crippen molar-refractivity contribution in [2.24, 2.45) is 0 Å². The standard InChI is InChI=1S/C56H37NSSi/c1-2-15-38(16-3-1)39-29-32-42(33-30-39)57(49-23-14-18-40-17-4-5-19-44(40)49)50-36-35-43(45-20-6-7-21-46(45)50)41-31-34-48-47-22-8-11-26-53(47)59(56(48)37-41)54-27-12-9-24-51(54)58-52-25-10-13-28-55(52)59/h1-37H. The number of nitrogens with zero attached hydrogens (tertiary/aromatic N) is 1. The van der Waals surface area contributed by atoms with Gasteiger partial charge in [-0.2, -0.15) is 0 Å². The van der Waals surface area contributed by atoms with Crippen molar-refractivity contribution < 1.29 is 0 Å². The quantitative estimate of drug-likeness (QED) is 0.160. The van der Waals surface area contributed by atoms with Gasteiger partial charge in [0.1, 0.15) is 0 Å². The lowest BCUT2D eigenvalue weighted by atomic mass is 9.94. The maximum absolute atomic E-state index is 2.64. The number of anilines is 3. The largest absolute Gasteiger partial charge is 0.309 e. The topological polar surface area (TPSA) is 3.24 Å². The fraction of sp³-hybridized carbons (Fsp3) is 0. The van der Waals surface area contributed by atoms with Gasteiger partial charge in [-0.05, 0) is 101 Å². The van der Waals surface area contributed by atoms with Crippen LogP contribution in [0, 0.1) is 0 Å². The molecule has 0 aromatic heterocycles. The Balaban J connectivity index is 1.07. The Morgan fingerprint density at radius 3 is 1.64 bits per heavy atom. The van der Waals surface area contributed by atoms with Crippen molar-refractivity contribution in [3.05, 3.63) is 224 Å². The Hall–Kier alpha value is -6.91. The summed E-state index contributed by atoms with van der Waals surface area (Å²) in [6.45, 7) is 0. The summed E-state index contributed by atoms with van der Waals surface area (Å²) >= 11 is 1.93. The summed E-state index contributed by atoms with van der Waals surface area (Å²) < 4.78 is 0. The monoisotopic (exact) mass is 783 g/mol. The zero-order valence-corrected chi connectivity index (χ0v) is 34.0. The van der Waals surface area contributed by atoms with Crippen LogP contribution in [0.1, 0.15) is 0 Å². The van der Waals surface area contributed by atoms with Crippen LogP contribution in [0.25, 0.3) is 54.9 Å². The van der Waals surface area contributed by atoms with Crippen molar-refractivity contribution in [2.75, 3.05) is 4.90 Å². The van der Waals surface area contributed by atoms with Gasteiger partial charge in [-0.25, -0.2) is 0 Å². The van der Waals surface area contributed by atoms with Gasteiger partial charge >= 0.3 is 0 Å². The van der Waals surface area contributed by atoms with Crippen LogP contribution >= 0.6 is 11.8 Å². The molecule has 0 amide bonds. The highest BCUT2D eigenvalue weighted by Crippen LogP contribution is 2.45. The van der Waals surface area contributed by atoms with E-state index in [9.17, 15) is 0 Å². The van der Waals surface area contributed by atoms with Crippen molar-refractivity contribution in [2.45, 2.75) is 9.79 Å². The van der Waals surface area contributed by atoms with E-state index in [4.69, 9.17) is 0 Å². The molecule has 0 aliphatic carbocycles. The molecule has 0 saturated carbocycles. The zero-order valence-electron chi connectivity index (χ0n) is 32.2. The first-order valence-corrected chi connectivity index (χ1v) is 23.2. The highest BCUT2D eigenvalue weighted by Gasteiger charge is 2.52. The number of hydrogen-bond donors (Lipinski definition) is 0. The molecule has 12 rings (SSSR count). The van der Waals surface area contributed by atoms with E-state index in [0.717, 1.165) is 17.1 Å². The normalized spacial score (nSPS) is 13.2. The lowest BCUT2D eigenvalue weighted by molar-refractivity contribution is 1.31. The van der Waals surface area contributed by atoms with E-state index < -0.39 is 8.07 Å². The molecule has 0 unspecified atom stereocenters. The SMILES string of the molecule is c1ccc(-c2ccc(N(c3cccc4ccccc34)c3ccc(-c4ccc5c(c4)[Si]4(c6ccccc6Sc6ccccc64)c4ccccc4-5)c4ccccc34)cc2)cc1. The van der Waals surface area contributed by atoms with Crippen molar-refractivity contribution in [1.82, 2.24) is 0 Å². The predicted octanol–water partition coefficient (Wildman–Crippen LogP) is 12.6. The lowest BCUT2D eigenvalue weighted by Gasteiger charge is -2.37. The highest BCUT2D eigenvalue weighted by molar-refractivity contribution is 8.00. The number of fused-ring (bicyclic) bond motifs is 11. The Morgan fingerprint density at radius 2 is 0.864 bits per heavy atom. The third-order valence-electron chi connectivity index (χ3n) is 12.5. The van der Waals surface area contributed by atoms with Crippen molar-refractivity contribution in [3.8, 4) is 33.4 Å². The fourth-order valence-corrected chi connectivity index (χ4v) is 17.4. The molecular weight excluding hydrogens is 747 g/mol. The second-order valence-corrected chi connectivity index (χ2v) is 20.3. The molecular formula is C56H37NSSi. The van der Waals surface area contributed by atoms with Gasteiger partial charge in [-0.1, -0.05) is 200 Å². The molecule has 2 heterocycles. The van der Waals surface area contributed by atoms with Crippen LogP contribution in [0.5, 0.6) is 0 Å². The van der Waals surface area contributed by atoms with Gasteiger partial charge in [0, 0.05) is 26.3 Å². The fourth-order valence-electron chi connectivity index (χ4n) is 10.00. The molecule has 0 bridgehead atoms. The van der Waals surface area contributed by atoms with Crippen LogP contribution in [0.15, 0.2) is 234 Å². The van der Waals surface area contributed by atoms with Crippen LogP contribution in [-0.4, -0.2) is 8.07 Å². The molecule has 276 valence electrons. The molecule has 2 aliphatic rings. The molecule has 1 nitrogen and oxygen atoms in total. The Kier molecular flexibility index (Phi) is 7.87. The molecule has 0 saturated heterocycles.